The van der Waals surface area contributed by atoms with Gasteiger partial charge in [-0.05, 0) is 69.3 Å². The topological polar surface area (TPSA) is 122 Å². The summed E-state index contributed by atoms with van der Waals surface area (Å²) in [6, 6.07) is 4.76. The third-order valence-electron chi connectivity index (χ3n) is 9.72. The van der Waals surface area contributed by atoms with Crippen LogP contribution in [0.2, 0.25) is 0 Å². The van der Waals surface area contributed by atoms with Crippen molar-refractivity contribution in [2.75, 3.05) is 57.3 Å². The number of amides is 5. The van der Waals surface area contributed by atoms with Crippen LogP contribution in [0.15, 0.2) is 18.2 Å². The summed E-state index contributed by atoms with van der Waals surface area (Å²) < 4.78 is 0. The van der Waals surface area contributed by atoms with E-state index in [4.69, 9.17) is 0 Å². The standard InChI is InChI=1S/C31H42N6O5/c38-27-9-8-26(29(40)33-27)37-30(41)24-7-6-23(18-25(24)31(37)42)36-16-14-35(15-17-36)19-21-10-12-34(13-11-21)20-28(39)32-22-4-2-1-3-5-22/h6-7,18,21-22,26H,1-5,8-17,19-20H2,(H,32,39)(H,33,38,40). The van der Waals surface area contributed by atoms with Crippen molar-refractivity contribution in [3.8, 4) is 0 Å². The maximum absolute atomic E-state index is 13.2. The minimum absolute atomic E-state index is 0.107. The van der Waals surface area contributed by atoms with Gasteiger partial charge < -0.3 is 10.2 Å². The van der Waals surface area contributed by atoms with Crippen molar-refractivity contribution < 1.29 is 24.0 Å². The number of carbonyl (C=O) groups is 5. The Morgan fingerprint density at radius 2 is 1.52 bits per heavy atom. The molecule has 0 spiro atoms. The minimum atomic E-state index is -0.951. The molecule has 1 atom stereocenters. The molecular formula is C31H42N6O5. The fourth-order valence-electron chi connectivity index (χ4n) is 7.26. The van der Waals surface area contributed by atoms with Gasteiger partial charge in [0, 0.05) is 50.9 Å². The lowest BCUT2D eigenvalue weighted by molar-refractivity contribution is -0.136. The van der Waals surface area contributed by atoms with E-state index in [1.165, 1.54) is 19.3 Å². The van der Waals surface area contributed by atoms with Crippen LogP contribution in [0.4, 0.5) is 5.69 Å². The number of likely N-dealkylation sites (tertiary alicyclic amines) is 1. The Labute approximate surface area is 246 Å². The van der Waals surface area contributed by atoms with Crippen molar-refractivity contribution in [1.29, 1.82) is 0 Å². The maximum atomic E-state index is 13.2. The quantitative estimate of drug-likeness (QED) is 0.466. The summed E-state index contributed by atoms with van der Waals surface area (Å²) in [4.78, 5) is 70.7. The van der Waals surface area contributed by atoms with Crippen LogP contribution in [0.3, 0.4) is 0 Å². The molecule has 6 rings (SSSR count). The Bertz CT molecular complexity index is 1230. The molecule has 5 aliphatic rings. The van der Waals surface area contributed by atoms with Gasteiger partial charge in [0.05, 0.1) is 17.7 Å². The van der Waals surface area contributed by atoms with E-state index in [2.05, 4.69) is 25.3 Å². The van der Waals surface area contributed by atoms with Gasteiger partial charge in [0.1, 0.15) is 6.04 Å². The summed E-state index contributed by atoms with van der Waals surface area (Å²) in [6.45, 7) is 7.04. The zero-order valence-electron chi connectivity index (χ0n) is 24.3. The second-order valence-electron chi connectivity index (χ2n) is 12.6. The normalized spacial score (nSPS) is 25.1. The van der Waals surface area contributed by atoms with Gasteiger partial charge in [0.25, 0.3) is 11.8 Å². The van der Waals surface area contributed by atoms with Gasteiger partial charge in [0.2, 0.25) is 17.7 Å². The van der Waals surface area contributed by atoms with Crippen LogP contribution in [0.5, 0.6) is 0 Å². The number of hydrogen-bond donors (Lipinski definition) is 2. The Hall–Kier alpha value is -3.31. The van der Waals surface area contributed by atoms with Gasteiger partial charge in [-0.2, -0.15) is 0 Å². The smallest absolute Gasteiger partial charge is 0.262 e. The monoisotopic (exact) mass is 578 g/mol. The first-order valence-corrected chi connectivity index (χ1v) is 15.7. The van der Waals surface area contributed by atoms with Gasteiger partial charge >= 0.3 is 0 Å². The van der Waals surface area contributed by atoms with E-state index in [1.54, 1.807) is 12.1 Å². The first-order chi connectivity index (χ1) is 20.4. The lowest BCUT2D eigenvalue weighted by Crippen LogP contribution is -2.54. The molecule has 1 aromatic carbocycles. The van der Waals surface area contributed by atoms with Crippen LogP contribution in [-0.2, 0) is 14.4 Å². The fourth-order valence-corrected chi connectivity index (χ4v) is 7.26. The zero-order chi connectivity index (χ0) is 29.2. The van der Waals surface area contributed by atoms with E-state index in [0.29, 0.717) is 29.6 Å². The van der Waals surface area contributed by atoms with Crippen LogP contribution in [-0.4, -0.2) is 109 Å². The van der Waals surface area contributed by atoms with Crippen molar-refractivity contribution in [3.05, 3.63) is 29.3 Å². The molecular weight excluding hydrogens is 536 g/mol. The molecule has 4 heterocycles. The van der Waals surface area contributed by atoms with Crippen LogP contribution in [0, 0.1) is 5.92 Å². The molecule has 1 saturated carbocycles. The van der Waals surface area contributed by atoms with E-state index >= 15 is 0 Å². The van der Waals surface area contributed by atoms with Crippen molar-refractivity contribution in [3.63, 3.8) is 0 Å². The molecule has 0 aromatic heterocycles. The van der Waals surface area contributed by atoms with Gasteiger partial charge in [-0.3, -0.25) is 44.0 Å². The predicted octanol–water partition coefficient (Wildman–Crippen LogP) is 1.37. The molecule has 11 nitrogen and oxygen atoms in total. The van der Waals surface area contributed by atoms with E-state index in [-0.39, 0.29) is 24.7 Å². The van der Waals surface area contributed by atoms with Gasteiger partial charge in [-0.1, -0.05) is 19.3 Å². The Morgan fingerprint density at radius 3 is 2.24 bits per heavy atom. The number of piperidine rings is 2. The number of imide groups is 2. The molecule has 4 aliphatic heterocycles. The second-order valence-corrected chi connectivity index (χ2v) is 12.6. The van der Waals surface area contributed by atoms with Crippen molar-refractivity contribution in [1.82, 2.24) is 25.3 Å². The number of anilines is 1. The number of rotatable bonds is 7. The van der Waals surface area contributed by atoms with Gasteiger partial charge in [-0.15, -0.1) is 0 Å². The number of nitrogens with one attached hydrogen (secondary N) is 2. The van der Waals surface area contributed by atoms with Gasteiger partial charge in [-0.25, -0.2) is 0 Å². The van der Waals surface area contributed by atoms with Crippen LogP contribution >= 0.6 is 0 Å². The average Bonchev–Trinajstić information content (AvgIpc) is 3.24. The Kier molecular flexibility index (Phi) is 8.57. The summed E-state index contributed by atoms with van der Waals surface area (Å²) in [5.74, 6) is -1.11. The van der Waals surface area contributed by atoms with Crippen molar-refractivity contribution in [2.45, 2.75) is 69.9 Å². The zero-order valence-corrected chi connectivity index (χ0v) is 24.3. The second kappa shape index (κ2) is 12.5. The maximum Gasteiger partial charge on any atom is 0.262 e. The fraction of sp³-hybridized carbons (Fsp3) is 0.645. The van der Waals surface area contributed by atoms with Crippen molar-refractivity contribution in [2.24, 2.45) is 5.92 Å². The number of hydrogen-bond acceptors (Lipinski definition) is 8. The summed E-state index contributed by atoms with van der Waals surface area (Å²) in [6.07, 6.45) is 8.47. The predicted molar refractivity (Wildman–Crippen MR) is 156 cm³/mol. The molecule has 42 heavy (non-hydrogen) atoms. The minimum Gasteiger partial charge on any atom is -0.369 e. The molecule has 2 N–H and O–H groups in total. The molecule has 11 heteroatoms. The lowest BCUT2D eigenvalue weighted by atomic mass is 9.95. The highest BCUT2D eigenvalue weighted by atomic mass is 16.2. The van der Waals surface area contributed by atoms with E-state index in [9.17, 15) is 24.0 Å². The molecule has 0 radical (unpaired) electrons. The van der Waals surface area contributed by atoms with Gasteiger partial charge in [0.15, 0.2) is 0 Å². The third-order valence-corrected chi connectivity index (χ3v) is 9.72. The average molecular weight is 579 g/mol. The number of fused-ring (bicyclic) bond motifs is 1. The van der Waals surface area contributed by atoms with Crippen LogP contribution < -0.4 is 15.5 Å². The highest BCUT2D eigenvalue weighted by molar-refractivity contribution is 6.23. The highest BCUT2D eigenvalue weighted by Crippen LogP contribution is 2.31. The third kappa shape index (κ3) is 6.22. The molecule has 226 valence electrons. The number of carbonyl (C=O) groups excluding carboxylic acids is 5. The van der Waals surface area contributed by atoms with Crippen LogP contribution in [0.1, 0.15) is 78.5 Å². The van der Waals surface area contributed by atoms with Crippen molar-refractivity contribution >= 4 is 35.2 Å². The number of nitrogens with zero attached hydrogens (tertiary/aromatic N) is 4. The largest absolute Gasteiger partial charge is 0.369 e. The first kappa shape index (κ1) is 28.8. The molecule has 5 amide bonds. The summed E-state index contributed by atoms with van der Waals surface area (Å²) in [7, 11) is 0. The summed E-state index contributed by atoms with van der Waals surface area (Å²) in [5, 5.41) is 5.48. The molecule has 1 unspecified atom stereocenters. The van der Waals surface area contributed by atoms with Crippen LogP contribution in [0.25, 0.3) is 0 Å². The molecule has 0 bridgehead atoms. The Balaban J connectivity index is 0.957. The lowest BCUT2D eigenvalue weighted by Gasteiger charge is -2.39. The molecule has 1 aliphatic carbocycles. The Morgan fingerprint density at radius 1 is 0.810 bits per heavy atom. The number of benzene rings is 1. The SMILES string of the molecule is O=C1CCC(N2C(=O)c3ccc(N4CCN(CC5CCN(CC(=O)NC6CCCCC6)CC5)CC4)cc3C2=O)C(=O)N1. The summed E-state index contributed by atoms with van der Waals surface area (Å²) in [5.41, 5.74) is 1.54. The van der Waals surface area contributed by atoms with E-state index < -0.39 is 23.8 Å². The molecule has 1 aromatic rings. The summed E-state index contributed by atoms with van der Waals surface area (Å²) >= 11 is 0. The highest BCUT2D eigenvalue weighted by Gasteiger charge is 2.44. The first-order valence-electron chi connectivity index (χ1n) is 15.7. The van der Waals surface area contributed by atoms with E-state index in [0.717, 1.165) is 82.1 Å². The molecule has 4 fully saturated rings. The number of piperazine rings is 1. The molecule has 3 saturated heterocycles. The van der Waals surface area contributed by atoms with E-state index in [1.807, 2.05) is 6.07 Å².